The molecule has 2 aromatic carbocycles. The van der Waals surface area contributed by atoms with Gasteiger partial charge in [0.1, 0.15) is 17.6 Å². The number of nitrogens with zero attached hydrogens (tertiary/aromatic N) is 4. The van der Waals surface area contributed by atoms with Gasteiger partial charge in [0.15, 0.2) is 0 Å². The van der Waals surface area contributed by atoms with Gasteiger partial charge in [-0.15, -0.1) is 0 Å². The van der Waals surface area contributed by atoms with Crippen LogP contribution in [0.15, 0.2) is 42.7 Å². The maximum atomic E-state index is 6.63. The lowest BCUT2D eigenvalue weighted by Gasteiger charge is -2.24. The van der Waals surface area contributed by atoms with E-state index in [1.54, 1.807) is 25.4 Å². The second-order valence-corrected chi connectivity index (χ2v) is 10.3. The van der Waals surface area contributed by atoms with Crippen molar-refractivity contribution >= 4 is 39.8 Å². The number of hydrogen-bond acceptors (Lipinski definition) is 8. The molecule has 10 heteroatoms. The summed E-state index contributed by atoms with van der Waals surface area (Å²) in [4.78, 5) is 11.3. The summed E-state index contributed by atoms with van der Waals surface area (Å²) in [6.07, 6.45) is 5.76. The molecule has 3 N–H and O–H groups in total. The van der Waals surface area contributed by atoms with Gasteiger partial charge in [-0.25, -0.2) is 9.97 Å². The van der Waals surface area contributed by atoms with Gasteiger partial charge in [-0.3, -0.25) is 0 Å². The monoisotopic (exact) mass is 550 g/mol. The number of aromatic nitrogens is 3. The van der Waals surface area contributed by atoms with E-state index in [1.807, 2.05) is 25.9 Å². The molecule has 0 saturated carbocycles. The van der Waals surface area contributed by atoms with E-state index in [2.05, 4.69) is 39.3 Å². The van der Waals surface area contributed by atoms with E-state index in [0.29, 0.717) is 59.3 Å². The van der Waals surface area contributed by atoms with Crippen LogP contribution in [0.4, 0.5) is 17.3 Å². The first kappa shape index (κ1) is 27.1. The smallest absolute Gasteiger partial charge is 0.227 e. The van der Waals surface area contributed by atoms with Crippen molar-refractivity contribution in [3.8, 4) is 22.8 Å². The number of nitrogens with one attached hydrogen (secondary N) is 1. The number of anilines is 3. The Morgan fingerprint density at radius 1 is 1.23 bits per heavy atom. The van der Waals surface area contributed by atoms with Gasteiger partial charge >= 0.3 is 0 Å². The standard InChI is InChI=1S/C29H35ClN6O3/c1-5-38-17-19(15-35(2)3)39-25-13-26(37-4)24(12-23(25)31)33-29-32-14-22(30)27(34-29)21-16-36-11-7-9-18-8-6-10-20(21)28(18)36/h6,8,10,12-14,16,19H,5,7,9,11,15,17,31H2,1-4H3,(H,32,33,34)/t19-/m0/s1. The number of hydrogen-bond donors (Lipinski definition) is 2. The highest BCUT2D eigenvalue weighted by Crippen LogP contribution is 2.39. The van der Waals surface area contributed by atoms with E-state index < -0.39 is 0 Å². The van der Waals surface area contributed by atoms with Crippen molar-refractivity contribution in [2.75, 3.05) is 52.0 Å². The van der Waals surface area contributed by atoms with Crippen molar-refractivity contribution in [3.05, 3.63) is 53.3 Å². The average molecular weight is 551 g/mol. The van der Waals surface area contributed by atoms with Crippen molar-refractivity contribution < 1.29 is 14.2 Å². The molecule has 4 aromatic rings. The summed E-state index contributed by atoms with van der Waals surface area (Å²) < 4.78 is 19.8. The topological polar surface area (TPSA) is 99.7 Å². The van der Waals surface area contributed by atoms with Gasteiger partial charge in [-0.1, -0.05) is 29.8 Å². The largest absolute Gasteiger partial charge is 0.494 e. The molecule has 0 saturated heterocycles. The fourth-order valence-electron chi connectivity index (χ4n) is 5.09. The Hall–Kier alpha value is -3.53. The lowest BCUT2D eigenvalue weighted by atomic mass is 10.0. The Morgan fingerprint density at radius 2 is 2.08 bits per heavy atom. The number of nitrogens with two attached hydrogens (primary N) is 1. The van der Waals surface area contributed by atoms with Crippen LogP contribution in [0.1, 0.15) is 18.9 Å². The fourth-order valence-corrected chi connectivity index (χ4v) is 5.28. The number of aryl methyl sites for hydroxylation is 2. The molecule has 39 heavy (non-hydrogen) atoms. The van der Waals surface area contributed by atoms with E-state index in [4.69, 9.17) is 36.5 Å². The summed E-state index contributed by atoms with van der Waals surface area (Å²) >= 11 is 6.63. The van der Waals surface area contributed by atoms with E-state index in [1.165, 1.54) is 11.1 Å². The summed E-state index contributed by atoms with van der Waals surface area (Å²) in [6, 6.07) is 9.95. The first-order valence-electron chi connectivity index (χ1n) is 13.1. The third-order valence-electron chi connectivity index (χ3n) is 6.77. The van der Waals surface area contributed by atoms with Crippen LogP contribution in [0, 0.1) is 0 Å². The Balaban J connectivity index is 1.44. The predicted molar refractivity (Wildman–Crippen MR) is 156 cm³/mol. The number of para-hydroxylation sites is 1. The fraction of sp³-hybridized carbons (Fsp3) is 0.379. The molecule has 2 aromatic heterocycles. The van der Waals surface area contributed by atoms with Crippen LogP contribution in [0.5, 0.6) is 11.5 Å². The van der Waals surface area contributed by atoms with Crippen LogP contribution in [0.3, 0.4) is 0 Å². The number of rotatable bonds is 11. The third-order valence-corrected chi connectivity index (χ3v) is 7.05. The second-order valence-electron chi connectivity index (χ2n) is 9.92. The molecule has 0 radical (unpaired) electrons. The molecular weight excluding hydrogens is 516 g/mol. The maximum absolute atomic E-state index is 6.63. The van der Waals surface area contributed by atoms with Crippen LogP contribution in [0.25, 0.3) is 22.2 Å². The quantitative estimate of drug-likeness (QED) is 0.240. The Kier molecular flexibility index (Phi) is 8.11. The number of likely N-dealkylation sites (N-methyl/N-ethyl adjacent to an activating group) is 1. The molecule has 1 aliphatic heterocycles. The Labute approximate surface area is 233 Å². The van der Waals surface area contributed by atoms with Gasteiger partial charge in [-0.05, 0) is 45.5 Å². The van der Waals surface area contributed by atoms with Crippen molar-refractivity contribution in [1.82, 2.24) is 19.4 Å². The summed E-state index contributed by atoms with van der Waals surface area (Å²) in [7, 11) is 5.58. The maximum Gasteiger partial charge on any atom is 0.227 e. The molecule has 206 valence electrons. The van der Waals surface area contributed by atoms with Crippen LogP contribution in [-0.4, -0.2) is 66.5 Å². The van der Waals surface area contributed by atoms with Crippen LogP contribution in [-0.2, 0) is 17.7 Å². The summed E-state index contributed by atoms with van der Waals surface area (Å²) in [5.74, 6) is 1.46. The van der Waals surface area contributed by atoms with Crippen LogP contribution < -0.4 is 20.5 Å². The van der Waals surface area contributed by atoms with E-state index in [-0.39, 0.29) is 6.10 Å². The highest BCUT2D eigenvalue weighted by atomic mass is 35.5. The van der Waals surface area contributed by atoms with Crippen molar-refractivity contribution in [3.63, 3.8) is 0 Å². The highest BCUT2D eigenvalue weighted by molar-refractivity contribution is 6.33. The molecular formula is C29H35ClN6O3. The summed E-state index contributed by atoms with van der Waals surface area (Å²) in [5.41, 5.74) is 11.8. The van der Waals surface area contributed by atoms with Crippen molar-refractivity contribution in [2.45, 2.75) is 32.4 Å². The lowest BCUT2D eigenvalue weighted by Crippen LogP contribution is -2.34. The molecule has 0 amide bonds. The lowest BCUT2D eigenvalue weighted by molar-refractivity contribution is 0.0435. The molecule has 0 aliphatic carbocycles. The van der Waals surface area contributed by atoms with Crippen molar-refractivity contribution in [2.24, 2.45) is 0 Å². The highest BCUT2D eigenvalue weighted by Gasteiger charge is 2.21. The normalized spacial score (nSPS) is 13.6. The molecule has 1 atom stereocenters. The molecule has 3 heterocycles. The Bertz CT molecular complexity index is 1470. The summed E-state index contributed by atoms with van der Waals surface area (Å²) in [6.45, 7) is 4.68. The van der Waals surface area contributed by atoms with Gasteiger partial charge in [0.05, 0.1) is 47.5 Å². The van der Waals surface area contributed by atoms with Gasteiger partial charge in [0, 0.05) is 42.9 Å². The van der Waals surface area contributed by atoms with E-state index in [0.717, 1.165) is 30.3 Å². The molecule has 0 fully saturated rings. The molecule has 0 unspecified atom stereocenters. The molecule has 9 nitrogen and oxygen atoms in total. The average Bonchev–Trinajstić information content (AvgIpc) is 3.29. The number of methoxy groups -OCH3 is 1. The van der Waals surface area contributed by atoms with Crippen LogP contribution >= 0.6 is 11.6 Å². The zero-order valence-electron chi connectivity index (χ0n) is 22.8. The minimum Gasteiger partial charge on any atom is -0.494 e. The van der Waals surface area contributed by atoms with Gasteiger partial charge in [-0.2, -0.15) is 0 Å². The minimum absolute atomic E-state index is 0.188. The van der Waals surface area contributed by atoms with E-state index >= 15 is 0 Å². The first-order chi connectivity index (χ1) is 18.9. The zero-order chi connectivity index (χ0) is 27.5. The molecule has 0 bridgehead atoms. The number of nitrogen functional groups attached to an aromatic ring is 1. The number of halogens is 1. The van der Waals surface area contributed by atoms with Gasteiger partial charge < -0.3 is 34.7 Å². The first-order valence-corrected chi connectivity index (χ1v) is 13.5. The second kappa shape index (κ2) is 11.7. The third kappa shape index (κ3) is 5.75. The van der Waals surface area contributed by atoms with Gasteiger partial charge in [0.25, 0.3) is 0 Å². The molecule has 1 aliphatic rings. The zero-order valence-corrected chi connectivity index (χ0v) is 23.6. The van der Waals surface area contributed by atoms with E-state index in [9.17, 15) is 0 Å². The Morgan fingerprint density at radius 3 is 2.85 bits per heavy atom. The predicted octanol–water partition coefficient (Wildman–Crippen LogP) is 5.38. The number of ether oxygens (including phenoxy) is 3. The minimum atomic E-state index is -0.188. The SMILES string of the molecule is CCOC[C@H](CN(C)C)Oc1cc(OC)c(Nc2ncc(Cl)c(-c3cn4c5c(cccc35)CCC4)n2)cc1N. The number of benzene rings is 2. The molecule has 5 rings (SSSR count). The van der Waals surface area contributed by atoms with Crippen LogP contribution in [0.2, 0.25) is 5.02 Å². The summed E-state index contributed by atoms with van der Waals surface area (Å²) in [5, 5.41) is 4.89. The van der Waals surface area contributed by atoms with Gasteiger partial charge in [0.2, 0.25) is 5.95 Å². The van der Waals surface area contributed by atoms with Crippen molar-refractivity contribution in [1.29, 1.82) is 0 Å². The molecule has 0 spiro atoms.